The predicted molar refractivity (Wildman–Crippen MR) is 142 cm³/mol. The van der Waals surface area contributed by atoms with Crippen molar-refractivity contribution in [1.29, 1.82) is 0 Å². The van der Waals surface area contributed by atoms with E-state index in [1.165, 1.54) is 28.9 Å². The minimum Gasteiger partial charge on any atom is -0.0926 e. The maximum absolute atomic E-state index is 3.25. The van der Waals surface area contributed by atoms with Crippen LogP contribution >= 0.6 is 0 Å². The molecule has 1 aliphatic rings. The zero-order valence-corrected chi connectivity index (χ0v) is 21.3. The van der Waals surface area contributed by atoms with Crippen LogP contribution in [0.25, 0.3) is 0 Å². The van der Waals surface area contributed by atoms with Crippen LogP contribution in [-0.4, -0.2) is 12.0 Å². The highest BCUT2D eigenvalue weighted by molar-refractivity contribution is 8.00. The van der Waals surface area contributed by atoms with Crippen molar-refractivity contribution < 1.29 is 0 Å². The molecule has 0 N–H and O–H groups in total. The fraction of sp³-hybridized carbons (Fsp3) is 0.467. The van der Waals surface area contributed by atoms with Gasteiger partial charge in [0.25, 0.3) is 0 Å². The van der Waals surface area contributed by atoms with Crippen molar-refractivity contribution >= 4 is 10.9 Å². The summed E-state index contributed by atoms with van der Waals surface area (Å²) in [4.78, 5) is 1.55. The molecule has 0 radical (unpaired) electrons. The maximum atomic E-state index is 3.25. The molecule has 0 heterocycles. The molecule has 0 nitrogen and oxygen atoms in total. The van der Waals surface area contributed by atoms with Gasteiger partial charge in [0.05, 0.1) is 0 Å². The van der Waals surface area contributed by atoms with E-state index >= 15 is 0 Å². The minimum atomic E-state index is 0.0701. The summed E-state index contributed by atoms with van der Waals surface area (Å²) in [5.41, 5.74) is 4.48. The molecule has 0 amide bonds. The Hall–Kier alpha value is -1.91. The Labute approximate surface area is 195 Å². The zero-order chi connectivity index (χ0) is 22.7. The summed E-state index contributed by atoms with van der Waals surface area (Å²) in [6.07, 6.45) is 21.6. The summed E-state index contributed by atoms with van der Waals surface area (Å²) in [7, 11) is 0.340. The van der Waals surface area contributed by atoms with E-state index in [4.69, 9.17) is 0 Å². The molecule has 0 bridgehead atoms. The van der Waals surface area contributed by atoms with Crippen LogP contribution in [0.15, 0.2) is 71.2 Å². The van der Waals surface area contributed by atoms with E-state index in [1.54, 1.807) is 4.91 Å². The summed E-state index contributed by atoms with van der Waals surface area (Å²) >= 11 is 0. The fourth-order valence-electron chi connectivity index (χ4n) is 3.47. The largest absolute Gasteiger partial charge is 0.150 e. The lowest BCUT2D eigenvalue weighted by atomic mass is 9.98. The Morgan fingerprint density at radius 3 is 2.68 bits per heavy atom. The van der Waals surface area contributed by atoms with Gasteiger partial charge in [-0.15, -0.1) is 0 Å². The molecule has 2 atom stereocenters. The van der Waals surface area contributed by atoms with Crippen LogP contribution < -0.4 is 0 Å². The van der Waals surface area contributed by atoms with E-state index in [2.05, 4.69) is 107 Å². The second-order valence-corrected chi connectivity index (χ2v) is 11.8. The summed E-state index contributed by atoms with van der Waals surface area (Å²) in [6, 6.07) is 9.21. The van der Waals surface area contributed by atoms with Crippen molar-refractivity contribution in [2.45, 2.75) is 66.7 Å². The molecule has 1 heteroatoms. The van der Waals surface area contributed by atoms with Gasteiger partial charge in [0.15, 0.2) is 0 Å². The van der Waals surface area contributed by atoms with Gasteiger partial charge in [-0.2, -0.15) is 0 Å². The third kappa shape index (κ3) is 10.3. The van der Waals surface area contributed by atoms with Crippen LogP contribution in [0.3, 0.4) is 0 Å². The van der Waals surface area contributed by atoms with E-state index in [0.29, 0.717) is 16.8 Å². The highest BCUT2D eigenvalue weighted by Gasteiger charge is 2.19. The van der Waals surface area contributed by atoms with Gasteiger partial charge in [-0.3, -0.25) is 0 Å². The second-order valence-electron chi connectivity index (χ2n) is 9.64. The number of hydrogen-bond acceptors (Lipinski definition) is 0. The quantitative estimate of drug-likeness (QED) is 0.211. The van der Waals surface area contributed by atoms with Gasteiger partial charge >= 0.3 is 0 Å². The van der Waals surface area contributed by atoms with E-state index in [1.807, 2.05) is 6.08 Å². The maximum Gasteiger partial charge on any atom is 0.150 e. The van der Waals surface area contributed by atoms with E-state index < -0.39 is 0 Å². The number of rotatable bonds is 9. The lowest BCUT2D eigenvalue weighted by Gasteiger charge is -2.11. The Bertz CT molecular complexity index is 877. The molecule has 1 aromatic carbocycles. The molecule has 0 aliphatic heterocycles. The zero-order valence-electron chi connectivity index (χ0n) is 20.5. The summed E-state index contributed by atoms with van der Waals surface area (Å²) in [5.74, 6) is 8.34. The highest BCUT2D eigenvalue weighted by Crippen LogP contribution is 2.22. The van der Waals surface area contributed by atoms with Crippen LogP contribution in [-0.2, 0) is 23.7 Å². The molecule has 0 saturated heterocycles. The van der Waals surface area contributed by atoms with E-state index in [9.17, 15) is 0 Å². The van der Waals surface area contributed by atoms with Gasteiger partial charge in [-0.25, -0.2) is 0 Å². The van der Waals surface area contributed by atoms with E-state index in [-0.39, 0.29) is 5.41 Å². The normalized spacial score (nSPS) is 17.9. The van der Waals surface area contributed by atoms with Gasteiger partial charge < -0.3 is 0 Å². The lowest BCUT2D eigenvalue weighted by molar-refractivity contribution is 0.571. The summed E-state index contributed by atoms with van der Waals surface area (Å²) < 4.78 is 0. The third-order valence-electron chi connectivity index (χ3n) is 5.45. The summed E-state index contributed by atoms with van der Waals surface area (Å²) in [6.45, 7) is 11.0. The number of allylic oxidation sites excluding steroid dienone is 7. The second kappa shape index (κ2) is 12.8. The molecule has 166 valence electrons. The molecule has 0 spiro atoms. The van der Waals surface area contributed by atoms with Crippen molar-refractivity contribution in [1.82, 2.24) is 0 Å². The molecular weight excluding hydrogens is 392 g/mol. The van der Waals surface area contributed by atoms with E-state index in [0.717, 1.165) is 25.7 Å². The molecule has 0 fully saturated rings. The average molecular weight is 434 g/mol. The van der Waals surface area contributed by atoms with Gasteiger partial charge in [-0.05, 0) is 81.7 Å². The SMILES string of the molecule is CC/C(=C\C/C=C/C#CC(C)(C)C)Cc1cccc(CC[S+](C)C2=CC[C@H](C)C=C2)c1. The van der Waals surface area contributed by atoms with Crippen molar-refractivity contribution in [2.24, 2.45) is 11.3 Å². The van der Waals surface area contributed by atoms with Gasteiger partial charge in [-0.1, -0.05) is 73.8 Å². The molecule has 1 aliphatic carbocycles. The first-order valence-corrected chi connectivity index (χ1v) is 13.5. The smallest absolute Gasteiger partial charge is 0.0926 e. The first kappa shape index (κ1) is 25.4. The standard InChI is InChI=1S/C30H41S/c1-7-26(13-10-8-9-11-21-30(3,4)5)23-28-15-12-14-27(24-28)20-22-31(6)29-18-16-25(2)17-19-29/h8-9,12-16,18-19,24-25H,7,10,17,20,22-23H2,1-6H3/q+1/b9-8+,26-13+/t25-,31?/m1/s1. The minimum absolute atomic E-state index is 0.0701. The van der Waals surface area contributed by atoms with Crippen molar-refractivity contribution in [3.8, 4) is 11.8 Å². The molecule has 1 aromatic rings. The third-order valence-corrected chi connectivity index (χ3v) is 7.37. The summed E-state index contributed by atoms with van der Waals surface area (Å²) in [5, 5.41) is 0. The van der Waals surface area contributed by atoms with Crippen molar-refractivity contribution in [3.05, 3.63) is 82.3 Å². The predicted octanol–water partition coefficient (Wildman–Crippen LogP) is 7.83. The molecule has 2 rings (SSSR count). The molecule has 1 unspecified atom stereocenters. The Morgan fingerprint density at radius 2 is 2.00 bits per heavy atom. The van der Waals surface area contributed by atoms with Crippen LogP contribution in [0.1, 0.15) is 65.0 Å². The van der Waals surface area contributed by atoms with Gasteiger partial charge in [0.1, 0.15) is 16.9 Å². The first-order chi connectivity index (χ1) is 14.8. The fourth-order valence-corrected chi connectivity index (χ4v) is 4.94. The number of aryl methyl sites for hydroxylation is 1. The Morgan fingerprint density at radius 1 is 1.23 bits per heavy atom. The number of hydrogen-bond donors (Lipinski definition) is 0. The average Bonchev–Trinajstić information content (AvgIpc) is 2.73. The number of benzene rings is 1. The monoisotopic (exact) mass is 433 g/mol. The van der Waals surface area contributed by atoms with Crippen molar-refractivity contribution in [2.75, 3.05) is 12.0 Å². The lowest BCUT2D eigenvalue weighted by Crippen LogP contribution is -2.11. The van der Waals surface area contributed by atoms with Gasteiger partial charge in [0, 0.05) is 22.7 Å². The Kier molecular flexibility index (Phi) is 10.5. The van der Waals surface area contributed by atoms with Crippen LogP contribution in [0.2, 0.25) is 0 Å². The topological polar surface area (TPSA) is 0 Å². The molecule has 0 saturated carbocycles. The van der Waals surface area contributed by atoms with Crippen LogP contribution in [0.4, 0.5) is 0 Å². The molecule has 31 heavy (non-hydrogen) atoms. The van der Waals surface area contributed by atoms with Crippen molar-refractivity contribution in [3.63, 3.8) is 0 Å². The Balaban J connectivity index is 1.89. The first-order valence-electron chi connectivity index (χ1n) is 11.7. The molecular formula is C30H41S+. The highest BCUT2D eigenvalue weighted by atomic mass is 32.2. The van der Waals surface area contributed by atoms with Gasteiger partial charge in [0.2, 0.25) is 0 Å². The molecule has 0 aromatic heterocycles. The van der Waals surface area contributed by atoms with Crippen LogP contribution in [0, 0.1) is 23.2 Å². The van der Waals surface area contributed by atoms with Crippen LogP contribution in [0.5, 0.6) is 0 Å².